The largest absolute Gasteiger partial charge is 0.0853 e. The van der Waals surface area contributed by atoms with Gasteiger partial charge in [0.2, 0.25) is 0 Å². The van der Waals surface area contributed by atoms with E-state index in [0.29, 0.717) is 0 Å². The Kier molecular flexibility index (Phi) is 5.97. The molecule has 75 valence electrons. The standard InChI is InChI=1S/C13H23/c1-2-3-7-10-13-11-8-5-4-6-9-12-13/h11H,1-10,12H2/b13-11-. The molecule has 1 aliphatic carbocycles. The van der Waals surface area contributed by atoms with Gasteiger partial charge in [-0.2, -0.15) is 0 Å². The Balaban J connectivity index is 2.19. The van der Waals surface area contributed by atoms with Crippen LogP contribution in [0, 0.1) is 6.92 Å². The Bertz CT molecular complexity index is 144. The maximum Gasteiger partial charge on any atom is -0.0320 e. The Morgan fingerprint density at radius 3 is 2.77 bits per heavy atom. The molecule has 0 aromatic rings. The molecule has 0 saturated heterocycles. The van der Waals surface area contributed by atoms with Crippen molar-refractivity contribution in [2.75, 3.05) is 0 Å². The zero-order valence-corrected chi connectivity index (χ0v) is 8.86. The van der Waals surface area contributed by atoms with Crippen LogP contribution in [-0.2, 0) is 0 Å². The predicted molar refractivity (Wildman–Crippen MR) is 59.6 cm³/mol. The van der Waals surface area contributed by atoms with E-state index in [-0.39, 0.29) is 0 Å². The third-order valence-electron chi connectivity index (χ3n) is 2.88. The molecule has 0 aromatic heterocycles. The Morgan fingerprint density at radius 2 is 1.92 bits per heavy atom. The summed E-state index contributed by atoms with van der Waals surface area (Å²) in [5.41, 5.74) is 1.73. The molecule has 0 atom stereocenters. The van der Waals surface area contributed by atoms with Gasteiger partial charge in [0.15, 0.2) is 0 Å². The van der Waals surface area contributed by atoms with Gasteiger partial charge in [-0.15, -0.1) is 0 Å². The quantitative estimate of drug-likeness (QED) is 0.435. The van der Waals surface area contributed by atoms with E-state index >= 15 is 0 Å². The second-order valence-corrected chi connectivity index (χ2v) is 4.13. The van der Waals surface area contributed by atoms with Crippen LogP contribution in [0.25, 0.3) is 0 Å². The highest BCUT2D eigenvalue weighted by Gasteiger charge is 2.01. The average Bonchev–Trinajstić information content (AvgIpc) is 2.08. The third-order valence-corrected chi connectivity index (χ3v) is 2.88. The Morgan fingerprint density at radius 1 is 1.08 bits per heavy atom. The summed E-state index contributed by atoms with van der Waals surface area (Å²) >= 11 is 0. The molecular formula is C13H23. The average molecular weight is 179 g/mol. The second-order valence-electron chi connectivity index (χ2n) is 4.13. The molecular weight excluding hydrogens is 156 g/mol. The molecule has 0 aromatic carbocycles. The zero-order valence-electron chi connectivity index (χ0n) is 8.86. The molecule has 1 rings (SSSR count). The van der Waals surface area contributed by atoms with Gasteiger partial charge in [-0.25, -0.2) is 0 Å². The first-order chi connectivity index (χ1) is 6.43. The van der Waals surface area contributed by atoms with Gasteiger partial charge in [-0.3, -0.25) is 0 Å². The van der Waals surface area contributed by atoms with Gasteiger partial charge in [0.25, 0.3) is 0 Å². The number of rotatable bonds is 4. The number of hydrogen-bond acceptors (Lipinski definition) is 0. The lowest BCUT2D eigenvalue weighted by atomic mass is 9.96. The maximum absolute atomic E-state index is 3.88. The second kappa shape index (κ2) is 7.17. The lowest BCUT2D eigenvalue weighted by Crippen LogP contribution is -1.90. The first-order valence-electron chi connectivity index (χ1n) is 5.90. The van der Waals surface area contributed by atoms with Crippen molar-refractivity contribution in [2.45, 2.75) is 64.2 Å². The summed E-state index contributed by atoms with van der Waals surface area (Å²) < 4.78 is 0. The van der Waals surface area contributed by atoms with E-state index in [1.165, 1.54) is 57.8 Å². The third kappa shape index (κ3) is 5.13. The van der Waals surface area contributed by atoms with Crippen LogP contribution in [0.3, 0.4) is 0 Å². The molecule has 1 radical (unpaired) electrons. The van der Waals surface area contributed by atoms with Crippen LogP contribution in [0.5, 0.6) is 0 Å². The number of allylic oxidation sites excluding steroid dienone is 2. The molecule has 0 amide bonds. The van der Waals surface area contributed by atoms with Crippen LogP contribution in [0.4, 0.5) is 0 Å². The first-order valence-corrected chi connectivity index (χ1v) is 5.90. The topological polar surface area (TPSA) is 0 Å². The van der Waals surface area contributed by atoms with Crippen molar-refractivity contribution >= 4 is 0 Å². The van der Waals surface area contributed by atoms with E-state index in [4.69, 9.17) is 0 Å². The van der Waals surface area contributed by atoms with Crippen molar-refractivity contribution in [3.63, 3.8) is 0 Å². The minimum Gasteiger partial charge on any atom is -0.0853 e. The number of unbranched alkanes of at least 4 members (excludes halogenated alkanes) is 2. The van der Waals surface area contributed by atoms with Crippen LogP contribution in [0.15, 0.2) is 11.6 Å². The summed E-state index contributed by atoms with van der Waals surface area (Å²) in [6.07, 6.45) is 16.1. The molecule has 0 fully saturated rings. The van der Waals surface area contributed by atoms with Crippen molar-refractivity contribution < 1.29 is 0 Å². The molecule has 0 bridgehead atoms. The van der Waals surface area contributed by atoms with Gasteiger partial charge in [0.1, 0.15) is 0 Å². The molecule has 0 N–H and O–H groups in total. The normalized spacial score (nSPS) is 23.0. The van der Waals surface area contributed by atoms with Crippen molar-refractivity contribution in [1.82, 2.24) is 0 Å². The predicted octanol–water partition coefficient (Wildman–Crippen LogP) is 4.66. The summed E-state index contributed by atoms with van der Waals surface area (Å²) in [4.78, 5) is 0. The maximum atomic E-state index is 3.88. The van der Waals surface area contributed by atoms with Crippen LogP contribution >= 0.6 is 0 Å². The van der Waals surface area contributed by atoms with Gasteiger partial charge in [0.05, 0.1) is 0 Å². The smallest absolute Gasteiger partial charge is 0.0320 e. The van der Waals surface area contributed by atoms with Crippen LogP contribution < -0.4 is 0 Å². The van der Waals surface area contributed by atoms with Crippen molar-refractivity contribution in [2.24, 2.45) is 0 Å². The molecule has 0 heterocycles. The molecule has 1 aliphatic rings. The van der Waals surface area contributed by atoms with E-state index in [1.54, 1.807) is 5.57 Å². The monoisotopic (exact) mass is 179 g/mol. The van der Waals surface area contributed by atoms with E-state index in [9.17, 15) is 0 Å². The summed E-state index contributed by atoms with van der Waals surface area (Å²) in [5.74, 6) is 0. The van der Waals surface area contributed by atoms with Crippen LogP contribution in [0.2, 0.25) is 0 Å². The van der Waals surface area contributed by atoms with E-state index in [2.05, 4.69) is 13.0 Å². The molecule has 0 aliphatic heterocycles. The molecule has 13 heavy (non-hydrogen) atoms. The Labute approximate surface area is 83.4 Å². The van der Waals surface area contributed by atoms with E-state index in [1.807, 2.05) is 0 Å². The summed E-state index contributed by atoms with van der Waals surface area (Å²) in [5, 5.41) is 0. The van der Waals surface area contributed by atoms with E-state index < -0.39 is 0 Å². The lowest BCUT2D eigenvalue weighted by molar-refractivity contribution is 0.604. The van der Waals surface area contributed by atoms with E-state index in [0.717, 1.165) is 6.42 Å². The summed E-state index contributed by atoms with van der Waals surface area (Å²) in [6.45, 7) is 3.88. The minimum absolute atomic E-state index is 1.10. The van der Waals surface area contributed by atoms with Crippen LogP contribution in [-0.4, -0.2) is 0 Å². The highest BCUT2D eigenvalue weighted by molar-refractivity contribution is 5.02. The van der Waals surface area contributed by atoms with Gasteiger partial charge < -0.3 is 0 Å². The fourth-order valence-corrected chi connectivity index (χ4v) is 2.01. The highest BCUT2D eigenvalue weighted by atomic mass is 14.1. The van der Waals surface area contributed by atoms with Gasteiger partial charge in [-0.05, 0) is 38.5 Å². The van der Waals surface area contributed by atoms with Crippen molar-refractivity contribution in [1.29, 1.82) is 0 Å². The van der Waals surface area contributed by atoms with Gasteiger partial charge in [-0.1, -0.05) is 44.3 Å². The fraction of sp³-hybridized carbons (Fsp3) is 0.769. The lowest BCUT2D eigenvalue weighted by Gasteiger charge is -2.10. The minimum atomic E-state index is 1.10. The van der Waals surface area contributed by atoms with Crippen molar-refractivity contribution in [3.8, 4) is 0 Å². The van der Waals surface area contributed by atoms with Crippen LogP contribution in [0.1, 0.15) is 64.2 Å². The van der Waals surface area contributed by atoms with Crippen molar-refractivity contribution in [3.05, 3.63) is 18.6 Å². The molecule has 0 spiro atoms. The number of hydrogen-bond donors (Lipinski definition) is 0. The SMILES string of the molecule is [CH2]CCCC/C1=C/CCCCCC1. The van der Waals surface area contributed by atoms with Gasteiger partial charge in [0, 0.05) is 0 Å². The molecule has 0 heteroatoms. The highest BCUT2D eigenvalue weighted by Crippen LogP contribution is 2.21. The zero-order chi connectivity index (χ0) is 9.36. The summed E-state index contributed by atoms with van der Waals surface area (Å²) in [7, 11) is 0. The Hall–Kier alpha value is -0.260. The molecule has 0 nitrogen and oxygen atoms in total. The molecule has 0 saturated carbocycles. The summed E-state index contributed by atoms with van der Waals surface area (Å²) in [6, 6.07) is 0. The van der Waals surface area contributed by atoms with Gasteiger partial charge >= 0.3 is 0 Å². The molecule has 0 unspecified atom stereocenters. The fourth-order valence-electron chi connectivity index (χ4n) is 2.01. The first kappa shape index (κ1) is 10.8.